The van der Waals surface area contributed by atoms with Gasteiger partial charge in [0.2, 0.25) is 0 Å². The van der Waals surface area contributed by atoms with Crippen molar-refractivity contribution in [3.8, 4) is 0 Å². The Morgan fingerprint density at radius 1 is 0.963 bits per heavy atom. The van der Waals surface area contributed by atoms with Crippen molar-refractivity contribution in [1.29, 1.82) is 0 Å². The lowest BCUT2D eigenvalue weighted by Gasteiger charge is -2.38. The Morgan fingerprint density at radius 2 is 1.70 bits per heavy atom. The Kier molecular flexibility index (Phi) is 5.85. The predicted molar refractivity (Wildman–Crippen MR) is 109 cm³/mol. The molecule has 1 saturated heterocycles. The van der Waals surface area contributed by atoms with Gasteiger partial charge >= 0.3 is 0 Å². The van der Waals surface area contributed by atoms with E-state index in [0.717, 1.165) is 51.3 Å². The number of nitrogens with zero attached hydrogens (tertiary/aromatic N) is 2. The summed E-state index contributed by atoms with van der Waals surface area (Å²) < 4.78 is 0. The van der Waals surface area contributed by atoms with Gasteiger partial charge in [0.1, 0.15) is 0 Å². The molecule has 0 spiro atoms. The zero-order valence-corrected chi connectivity index (χ0v) is 15.9. The lowest BCUT2D eigenvalue weighted by atomic mass is 10.1. The standard InChI is InChI=1S/C23H29N3O/c27-23(20-8-2-1-3-9-20)24-13-6-14-25-15-17-26(18-16-25)22-12-11-19-7-4-5-10-21(19)22/h1-5,7-10,22H,6,11-18H2,(H,24,27). The first-order chi connectivity index (χ1) is 13.3. The van der Waals surface area contributed by atoms with Gasteiger partial charge in [-0.1, -0.05) is 42.5 Å². The summed E-state index contributed by atoms with van der Waals surface area (Å²) in [6, 6.07) is 19.0. The number of benzene rings is 2. The van der Waals surface area contributed by atoms with Crippen LogP contribution < -0.4 is 5.32 Å². The van der Waals surface area contributed by atoms with Crippen molar-refractivity contribution in [2.45, 2.75) is 25.3 Å². The molecule has 0 radical (unpaired) electrons. The van der Waals surface area contributed by atoms with Crippen molar-refractivity contribution >= 4 is 5.91 Å². The third kappa shape index (κ3) is 4.40. The first-order valence-corrected chi connectivity index (χ1v) is 10.2. The van der Waals surface area contributed by atoms with E-state index in [-0.39, 0.29) is 5.91 Å². The second-order valence-corrected chi connectivity index (χ2v) is 7.61. The van der Waals surface area contributed by atoms with Crippen LogP contribution in [-0.2, 0) is 6.42 Å². The Bertz CT molecular complexity index is 753. The van der Waals surface area contributed by atoms with E-state index in [0.29, 0.717) is 6.04 Å². The largest absolute Gasteiger partial charge is 0.352 e. The Balaban J connectivity index is 1.17. The Morgan fingerprint density at radius 3 is 2.52 bits per heavy atom. The first-order valence-electron chi connectivity index (χ1n) is 10.2. The summed E-state index contributed by atoms with van der Waals surface area (Å²) in [5, 5.41) is 3.03. The van der Waals surface area contributed by atoms with Gasteiger partial charge in [-0.2, -0.15) is 0 Å². The summed E-state index contributed by atoms with van der Waals surface area (Å²) in [5.74, 6) is 0.0281. The average molecular weight is 364 g/mol. The summed E-state index contributed by atoms with van der Waals surface area (Å²) in [7, 11) is 0. The van der Waals surface area contributed by atoms with E-state index < -0.39 is 0 Å². The highest BCUT2D eigenvalue weighted by atomic mass is 16.1. The fourth-order valence-corrected chi connectivity index (χ4v) is 4.41. The van der Waals surface area contributed by atoms with E-state index in [1.165, 1.54) is 12.8 Å². The lowest BCUT2D eigenvalue weighted by Crippen LogP contribution is -2.47. The number of piperazine rings is 1. The van der Waals surface area contributed by atoms with Crippen LogP contribution in [0.2, 0.25) is 0 Å². The summed E-state index contributed by atoms with van der Waals surface area (Å²) >= 11 is 0. The third-order valence-corrected chi connectivity index (χ3v) is 5.92. The van der Waals surface area contributed by atoms with Crippen LogP contribution in [0.1, 0.15) is 40.4 Å². The molecule has 4 rings (SSSR count). The van der Waals surface area contributed by atoms with Gasteiger partial charge < -0.3 is 10.2 Å². The topological polar surface area (TPSA) is 35.6 Å². The molecule has 1 N–H and O–H groups in total. The summed E-state index contributed by atoms with van der Waals surface area (Å²) in [4.78, 5) is 17.3. The molecule has 4 heteroatoms. The van der Waals surface area contributed by atoms with Gasteiger partial charge in [-0.05, 0) is 49.1 Å². The van der Waals surface area contributed by atoms with Crippen molar-refractivity contribution in [3.63, 3.8) is 0 Å². The third-order valence-electron chi connectivity index (χ3n) is 5.92. The van der Waals surface area contributed by atoms with Crippen molar-refractivity contribution in [1.82, 2.24) is 15.1 Å². The van der Waals surface area contributed by atoms with Gasteiger partial charge in [0.15, 0.2) is 0 Å². The zero-order chi connectivity index (χ0) is 18.5. The molecule has 1 amide bonds. The normalized spacial score (nSPS) is 20.4. The number of nitrogens with one attached hydrogen (secondary N) is 1. The molecule has 1 heterocycles. The molecular formula is C23H29N3O. The average Bonchev–Trinajstić information content (AvgIpc) is 3.16. The van der Waals surface area contributed by atoms with Crippen LogP contribution in [0, 0.1) is 0 Å². The highest BCUT2D eigenvalue weighted by Crippen LogP contribution is 2.35. The van der Waals surface area contributed by atoms with E-state index in [1.807, 2.05) is 30.3 Å². The number of hydrogen-bond acceptors (Lipinski definition) is 3. The van der Waals surface area contributed by atoms with Gasteiger partial charge in [-0.3, -0.25) is 9.69 Å². The number of carbonyl (C=O) groups is 1. The molecule has 1 atom stereocenters. The van der Waals surface area contributed by atoms with Crippen LogP contribution in [0.4, 0.5) is 0 Å². The molecular weight excluding hydrogens is 334 g/mol. The summed E-state index contributed by atoms with van der Waals surface area (Å²) in [6.07, 6.45) is 3.50. The van der Waals surface area contributed by atoms with Crippen molar-refractivity contribution < 1.29 is 4.79 Å². The van der Waals surface area contributed by atoms with Crippen LogP contribution in [0.3, 0.4) is 0 Å². The zero-order valence-electron chi connectivity index (χ0n) is 15.9. The lowest BCUT2D eigenvalue weighted by molar-refractivity contribution is 0.0914. The van der Waals surface area contributed by atoms with E-state index in [1.54, 1.807) is 11.1 Å². The van der Waals surface area contributed by atoms with Crippen LogP contribution >= 0.6 is 0 Å². The smallest absolute Gasteiger partial charge is 0.251 e. The number of fused-ring (bicyclic) bond motifs is 1. The number of amides is 1. The minimum absolute atomic E-state index is 0.0281. The second kappa shape index (κ2) is 8.68. The van der Waals surface area contributed by atoms with Crippen molar-refractivity contribution in [3.05, 3.63) is 71.3 Å². The van der Waals surface area contributed by atoms with Gasteiger partial charge in [-0.15, -0.1) is 0 Å². The Hall–Kier alpha value is -2.17. The van der Waals surface area contributed by atoms with E-state index >= 15 is 0 Å². The summed E-state index contributed by atoms with van der Waals surface area (Å²) in [5.41, 5.74) is 3.83. The van der Waals surface area contributed by atoms with Crippen molar-refractivity contribution in [2.75, 3.05) is 39.3 Å². The van der Waals surface area contributed by atoms with Crippen LogP contribution in [0.5, 0.6) is 0 Å². The molecule has 4 nitrogen and oxygen atoms in total. The molecule has 27 heavy (non-hydrogen) atoms. The van der Waals surface area contributed by atoms with Gasteiger partial charge in [-0.25, -0.2) is 0 Å². The predicted octanol–water partition coefficient (Wildman–Crippen LogP) is 3.11. The SMILES string of the molecule is O=C(NCCCN1CCN(C2CCc3ccccc32)CC1)c1ccccc1. The number of aryl methyl sites for hydroxylation is 1. The molecule has 0 saturated carbocycles. The molecule has 0 aromatic heterocycles. The maximum absolute atomic E-state index is 12.1. The number of rotatable bonds is 6. The van der Waals surface area contributed by atoms with Crippen LogP contribution in [0.25, 0.3) is 0 Å². The molecule has 1 fully saturated rings. The van der Waals surface area contributed by atoms with Crippen LogP contribution in [0.15, 0.2) is 54.6 Å². The summed E-state index contributed by atoms with van der Waals surface area (Å²) in [6.45, 7) is 6.36. The minimum Gasteiger partial charge on any atom is -0.352 e. The van der Waals surface area contributed by atoms with Gasteiger partial charge in [0.25, 0.3) is 5.91 Å². The van der Waals surface area contributed by atoms with E-state index in [9.17, 15) is 4.79 Å². The molecule has 2 aromatic rings. The maximum atomic E-state index is 12.1. The molecule has 0 bridgehead atoms. The van der Waals surface area contributed by atoms with Crippen molar-refractivity contribution in [2.24, 2.45) is 0 Å². The molecule has 1 unspecified atom stereocenters. The first kappa shape index (κ1) is 18.2. The highest BCUT2D eigenvalue weighted by Gasteiger charge is 2.29. The van der Waals surface area contributed by atoms with Gasteiger partial charge in [0, 0.05) is 44.3 Å². The fourth-order valence-electron chi connectivity index (χ4n) is 4.41. The maximum Gasteiger partial charge on any atom is 0.251 e. The van der Waals surface area contributed by atoms with E-state index in [4.69, 9.17) is 0 Å². The van der Waals surface area contributed by atoms with E-state index in [2.05, 4.69) is 39.4 Å². The monoisotopic (exact) mass is 363 g/mol. The second-order valence-electron chi connectivity index (χ2n) is 7.61. The quantitative estimate of drug-likeness (QED) is 0.801. The number of hydrogen-bond donors (Lipinski definition) is 1. The minimum atomic E-state index is 0.0281. The number of carbonyl (C=O) groups excluding carboxylic acids is 1. The molecule has 2 aromatic carbocycles. The van der Waals surface area contributed by atoms with Crippen LogP contribution in [-0.4, -0.2) is 55.0 Å². The molecule has 1 aliphatic carbocycles. The molecule has 1 aliphatic heterocycles. The molecule has 2 aliphatic rings. The highest BCUT2D eigenvalue weighted by molar-refractivity contribution is 5.94. The fraction of sp³-hybridized carbons (Fsp3) is 0.435. The Labute approximate surface area is 162 Å². The molecule has 142 valence electrons. The van der Waals surface area contributed by atoms with Gasteiger partial charge in [0.05, 0.1) is 0 Å².